The van der Waals surface area contributed by atoms with E-state index in [1.54, 1.807) is 30.6 Å². The van der Waals surface area contributed by atoms with Crippen molar-refractivity contribution in [2.45, 2.75) is 17.6 Å². The fraction of sp³-hybridized carbons (Fsp3) is 0.160. The number of amides is 1. The molecule has 9 nitrogen and oxygen atoms in total. The lowest BCUT2D eigenvalue weighted by Gasteiger charge is -2.22. The molecular weight excluding hydrogens is 462 g/mol. The van der Waals surface area contributed by atoms with E-state index in [-0.39, 0.29) is 17.7 Å². The third-order valence-corrected chi connectivity index (χ3v) is 6.61. The van der Waals surface area contributed by atoms with Gasteiger partial charge in [-0.25, -0.2) is 9.69 Å². The number of ether oxygens (including phenoxy) is 1. The molecule has 1 aliphatic heterocycles. The number of hydrogen-bond donors (Lipinski definition) is 1. The molecule has 0 fully saturated rings. The second-order valence-corrected chi connectivity index (χ2v) is 8.79. The van der Waals surface area contributed by atoms with E-state index < -0.39 is 0 Å². The number of carbonyl (C=O) groups excluding carboxylic acids is 1. The molecule has 0 saturated carbocycles. The van der Waals surface area contributed by atoms with Crippen LogP contribution in [0.15, 0.2) is 89.4 Å². The van der Waals surface area contributed by atoms with Crippen molar-refractivity contribution < 1.29 is 9.53 Å². The minimum Gasteiger partial charge on any atom is -0.497 e. The van der Waals surface area contributed by atoms with Gasteiger partial charge in [-0.05, 0) is 35.4 Å². The Morgan fingerprint density at radius 3 is 2.54 bits per heavy atom. The molecule has 5 rings (SSSR count). The second kappa shape index (κ2) is 9.98. The minimum absolute atomic E-state index is 0.112. The van der Waals surface area contributed by atoms with E-state index in [1.165, 1.54) is 16.4 Å². The summed E-state index contributed by atoms with van der Waals surface area (Å²) in [7, 11) is 1.63. The number of pyridine rings is 1. The molecule has 10 heteroatoms. The molecule has 0 bridgehead atoms. The molecular formula is C25H23N7O2S. The number of nitrogen functional groups attached to an aromatic ring is 1. The molecule has 1 atom stereocenters. The Hall–Kier alpha value is -4.18. The van der Waals surface area contributed by atoms with Crippen LogP contribution in [0.5, 0.6) is 5.75 Å². The highest BCUT2D eigenvalue weighted by molar-refractivity contribution is 7.99. The smallest absolute Gasteiger partial charge is 0.253 e. The fourth-order valence-corrected chi connectivity index (χ4v) is 4.60. The first kappa shape index (κ1) is 22.6. The van der Waals surface area contributed by atoms with E-state index >= 15 is 0 Å². The first-order chi connectivity index (χ1) is 17.1. The van der Waals surface area contributed by atoms with Crippen molar-refractivity contribution in [1.29, 1.82) is 0 Å². The molecule has 2 N–H and O–H groups in total. The van der Waals surface area contributed by atoms with E-state index in [2.05, 4.69) is 15.2 Å². The Bertz CT molecular complexity index is 1340. The Kier molecular flexibility index (Phi) is 6.44. The van der Waals surface area contributed by atoms with E-state index in [0.717, 1.165) is 28.2 Å². The molecule has 1 amide bonds. The Morgan fingerprint density at radius 2 is 1.83 bits per heavy atom. The van der Waals surface area contributed by atoms with Gasteiger partial charge in [-0.3, -0.25) is 9.78 Å². The third-order valence-electron chi connectivity index (χ3n) is 5.68. The summed E-state index contributed by atoms with van der Waals surface area (Å²) < 4.78 is 6.66. The number of aromatic nitrogens is 4. The van der Waals surface area contributed by atoms with Gasteiger partial charge in [-0.2, -0.15) is 5.10 Å². The maximum atomic E-state index is 13.4. The highest BCUT2D eigenvalue weighted by atomic mass is 32.2. The van der Waals surface area contributed by atoms with Gasteiger partial charge in [0, 0.05) is 24.4 Å². The molecule has 1 aliphatic rings. The number of nitrogens with zero attached hydrogens (tertiary/aromatic N) is 6. The Balaban J connectivity index is 1.36. The van der Waals surface area contributed by atoms with E-state index in [4.69, 9.17) is 15.7 Å². The van der Waals surface area contributed by atoms with Crippen LogP contribution in [0.4, 0.5) is 0 Å². The highest BCUT2D eigenvalue weighted by Gasteiger charge is 2.33. The summed E-state index contributed by atoms with van der Waals surface area (Å²) in [5.74, 6) is 7.41. The van der Waals surface area contributed by atoms with Crippen molar-refractivity contribution in [3.05, 3.63) is 90.3 Å². The Morgan fingerprint density at radius 1 is 1.06 bits per heavy atom. The van der Waals surface area contributed by atoms with Crippen LogP contribution < -0.4 is 10.6 Å². The lowest BCUT2D eigenvalue weighted by molar-refractivity contribution is -0.130. The molecule has 0 unspecified atom stereocenters. The number of hydrazone groups is 1. The van der Waals surface area contributed by atoms with Crippen LogP contribution in [-0.4, -0.2) is 49.3 Å². The van der Waals surface area contributed by atoms with Gasteiger partial charge in [-0.15, -0.1) is 10.2 Å². The van der Waals surface area contributed by atoms with Gasteiger partial charge < -0.3 is 10.6 Å². The zero-order valence-corrected chi connectivity index (χ0v) is 19.8. The van der Waals surface area contributed by atoms with Crippen LogP contribution >= 0.6 is 11.8 Å². The lowest BCUT2D eigenvalue weighted by Crippen LogP contribution is -2.28. The van der Waals surface area contributed by atoms with E-state index in [9.17, 15) is 4.79 Å². The third kappa shape index (κ3) is 4.73. The zero-order valence-electron chi connectivity index (χ0n) is 19.0. The van der Waals surface area contributed by atoms with Crippen LogP contribution in [0, 0.1) is 0 Å². The van der Waals surface area contributed by atoms with Crippen molar-refractivity contribution in [2.75, 3.05) is 18.7 Å². The maximum absolute atomic E-state index is 13.4. The standard InChI is InChI=1S/C25H23N7O2S/c1-34-20-11-9-18(10-12-20)22-14-21(17-6-3-2-4-7-17)30-32(22)23(33)16-35-25-29-28-24(31(25)26)19-8-5-13-27-15-19/h2-13,15,22H,14,16,26H2,1H3/t22-/m0/s1. The summed E-state index contributed by atoms with van der Waals surface area (Å²) >= 11 is 1.22. The molecule has 176 valence electrons. The maximum Gasteiger partial charge on any atom is 0.253 e. The van der Waals surface area contributed by atoms with E-state index in [0.29, 0.717) is 17.4 Å². The molecule has 0 spiro atoms. The van der Waals surface area contributed by atoms with Gasteiger partial charge in [0.2, 0.25) is 5.16 Å². The van der Waals surface area contributed by atoms with Gasteiger partial charge in [0.15, 0.2) is 5.82 Å². The predicted octanol–water partition coefficient (Wildman–Crippen LogP) is 3.53. The summed E-state index contributed by atoms with van der Waals surface area (Å²) in [6, 6.07) is 21.1. The number of methoxy groups -OCH3 is 1. The van der Waals surface area contributed by atoms with E-state index in [1.807, 2.05) is 60.7 Å². The van der Waals surface area contributed by atoms with Crippen LogP contribution in [-0.2, 0) is 4.79 Å². The molecule has 0 aliphatic carbocycles. The average molecular weight is 486 g/mol. The van der Waals surface area contributed by atoms with Crippen LogP contribution in [0.25, 0.3) is 11.4 Å². The monoisotopic (exact) mass is 485 g/mol. The highest BCUT2D eigenvalue weighted by Crippen LogP contribution is 2.34. The quantitative estimate of drug-likeness (QED) is 0.315. The number of thioether (sulfide) groups is 1. The summed E-state index contributed by atoms with van der Waals surface area (Å²) in [6.07, 6.45) is 3.95. The van der Waals surface area contributed by atoms with Gasteiger partial charge in [0.25, 0.3) is 5.91 Å². The zero-order chi connectivity index (χ0) is 24.2. The van der Waals surface area contributed by atoms with Gasteiger partial charge >= 0.3 is 0 Å². The summed E-state index contributed by atoms with van der Waals surface area (Å²) in [6.45, 7) is 0. The largest absolute Gasteiger partial charge is 0.497 e. The summed E-state index contributed by atoms with van der Waals surface area (Å²) in [5.41, 5.74) is 3.60. The average Bonchev–Trinajstić information content (AvgIpc) is 3.52. The molecule has 2 aromatic carbocycles. The van der Waals surface area contributed by atoms with Crippen LogP contribution in [0.1, 0.15) is 23.6 Å². The first-order valence-electron chi connectivity index (χ1n) is 11.0. The minimum atomic E-state index is -0.217. The van der Waals surface area contributed by atoms with Gasteiger partial charge in [0.1, 0.15) is 5.75 Å². The normalized spacial score (nSPS) is 15.2. The fourth-order valence-electron chi connectivity index (χ4n) is 3.89. The molecule has 35 heavy (non-hydrogen) atoms. The summed E-state index contributed by atoms with van der Waals surface area (Å²) in [4.78, 5) is 17.4. The van der Waals surface area contributed by atoms with Crippen molar-refractivity contribution in [2.24, 2.45) is 5.10 Å². The van der Waals surface area contributed by atoms with Crippen molar-refractivity contribution in [1.82, 2.24) is 24.9 Å². The second-order valence-electron chi connectivity index (χ2n) is 7.85. The van der Waals surface area contributed by atoms with Crippen molar-refractivity contribution in [3.8, 4) is 17.1 Å². The predicted molar refractivity (Wildman–Crippen MR) is 134 cm³/mol. The lowest BCUT2D eigenvalue weighted by atomic mass is 9.98. The van der Waals surface area contributed by atoms with Crippen molar-refractivity contribution >= 4 is 23.4 Å². The number of hydrogen-bond acceptors (Lipinski definition) is 8. The SMILES string of the molecule is COc1ccc([C@@H]2CC(c3ccccc3)=NN2C(=O)CSc2nnc(-c3cccnc3)n2N)cc1. The van der Waals surface area contributed by atoms with Crippen LogP contribution in [0.2, 0.25) is 0 Å². The number of carbonyl (C=O) groups is 1. The van der Waals surface area contributed by atoms with Gasteiger partial charge in [-0.1, -0.05) is 54.2 Å². The first-order valence-corrected chi connectivity index (χ1v) is 11.9. The molecule has 3 heterocycles. The number of benzene rings is 2. The van der Waals surface area contributed by atoms with Crippen LogP contribution in [0.3, 0.4) is 0 Å². The molecule has 0 radical (unpaired) electrons. The van der Waals surface area contributed by atoms with Crippen molar-refractivity contribution in [3.63, 3.8) is 0 Å². The Labute approximate surface area is 206 Å². The van der Waals surface area contributed by atoms with Gasteiger partial charge in [0.05, 0.1) is 24.6 Å². The topological polar surface area (TPSA) is 112 Å². The molecule has 4 aromatic rings. The molecule has 2 aromatic heterocycles. The number of rotatable bonds is 7. The molecule has 0 saturated heterocycles. The summed E-state index contributed by atoms with van der Waals surface area (Å²) in [5, 5.41) is 15.0. The number of nitrogens with two attached hydrogens (primary N) is 1.